The lowest BCUT2D eigenvalue weighted by atomic mass is 9.97. The van der Waals surface area contributed by atoms with Gasteiger partial charge in [-0.15, -0.1) is 0 Å². The normalized spacial score (nSPS) is 31.1. The summed E-state index contributed by atoms with van der Waals surface area (Å²) in [7, 11) is 1.80. The van der Waals surface area contributed by atoms with E-state index in [0.717, 1.165) is 25.7 Å². The number of rotatable bonds is 6. The highest BCUT2D eigenvalue weighted by Crippen LogP contribution is 2.23. The first-order valence-electron chi connectivity index (χ1n) is 7.95. The predicted octanol–water partition coefficient (Wildman–Crippen LogP) is 1.17. The number of hydrogen-bond donors (Lipinski definition) is 1. The van der Waals surface area contributed by atoms with E-state index in [1.54, 1.807) is 7.11 Å². The Morgan fingerprint density at radius 2 is 2.16 bits per heavy atom. The fourth-order valence-corrected chi connectivity index (χ4v) is 3.62. The van der Waals surface area contributed by atoms with E-state index < -0.39 is 0 Å². The summed E-state index contributed by atoms with van der Waals surface area (Å²) < 4.78 is 5.34. The van der Waals surface area contributed by atoms with Gasteiger partial charge in [-0.3, -0.25) is 9.80 Å². The van der Waals surface area contributed by atoms with E-state index in [1.807, 2.05) is 0 Å². The van der Waals surface area contributed by atoms with Gasteiger partial charge in [0.15, 0.2) is 0 Å². The van der Waals surface area contributed by atoms with Gasteiger partial charge in [-0.2, -0.15) is 0 Å². The van der Waals surface area contributed by atoms with Crippen molar-refractivity contribution >= 4 is 0 Å². The van der Waals surface area contributed by atoms with Gasteiger partial charge in [0, 0.05) is 44.9 Å². The molecule has 4 nitrogen and oxygen atoms in total. The highest BCUT2D eigenvalue weighted by atomic mass is 16.5. The molecule has 0 aromatic rings. The Balaban J connectivity index is 1.87. The van der Waals surface area contributed by atoms with Crippen LogP contribution in [0.1, 0.15) is 33.1 Å². The van der Waals surface area contributed by atoms with Crippen molar-refractivity contribution in [2.24, 2.45) is 0 Å². The molecule has 0 amide bonds. The van der Waals surface area contributed by atoms with Crippen molar-refractivity contribution in [3.05, 3.63) is 0 Å². The van der Waals surface area contributed by atoms with Crippen LogP contribution >= 0.6 is 0 Å². The smallest absolute Gasteiger partial charge is 0.0628 e. The van der Waals surface area contributed by atoms with Crippen LogP contribution in [-0.4, -0.2) is 74.4 Å². The van der Waals surface area contributed by atoms with E-state index in [1.165, 1.54) is 38.9 Å². The monoisotopic (exact) mass is 269 g/mol. The molecule has 0 aromatic carbocycles. The van der Waals surface area contributed by atoms with E-state index in [0.29, 0.717) is 12.1 Å². The van der Waals surface area contributed by atoms with E-state index in [9.17, 15) is 0 Å². The number of ether oxygens (including phenoxy) is 1. The van der Waals surface area contributed by atoms with Crippen molar-refractivity contribution in [3.8, 4) is 0 Å². The molecule has 2 aliphatic heterocycles. The van der Waals surface area contributed by atoms with Gasteiger partial charge in [-0.05, 0) is 32.9 Å². The molecule has 2 saturated heterocycles. The first kappa shape index (κ1) is 15.2. The van der Waals surface area contributed by atoms with Crippen molar-refractivity contribution < 1.29 is 4.74 Å². The average Bonchev–Trinajstić information content (AvgIpc) is 2.40. The Morgan fingerprint density at radius 3 is 2.89 bits per heavy atom. The number of nitrogens with zero attached hydrogens (tertiary/aromatic N) is 2. The number of nitrogens with one attached hydrogen (secondary N) is 1. The fourth-order valence-electron chi connectivity index (χ4n) is 3.62. The quantitative estimate of drug-likeness (QED) is 0.783. The van der Waals surface area contributed by atoms with Crippen molar-refractivity contribution in [2.75, 3.05) is 46.4 Å². The number of hydrogen-bond acceptors (Lipinski definition) is 4. The van der Waals surface area contributed by atoms with E-state index in [2.05, 4.69) is 29.0 Å². The van der Waals surface area contributed by atoms with Crippen molar-refractivity contribution in [1.82, 2.24) is 15.1 Å². The van der Waals surface area contributed by atoms with Crippen LogP contribution in [0.15, 0.2) is 0 Å². The van der Waals surface area contributed by atoms with Crippen LogP contribution in [0, 0.1) is 0 Å². The maximum Gasteiger partial charge on any atom is 0.0628 e. The summed E-state index contributed by atoms with van der Waals surface area (Å²) >= 11 is 0. The zero-order chi connectivity index (χ0) is 13.7. The average molecular weight is 269 g/mol. The molecule has 19 heavy (non-hydrogen) atoms. The van der Waals surface area contributed by atoms with Crippen LogP contribution in [0.5, 0.6) is 0 Å². The molecule has 2 aliphatic rings. The lowest BCUT2D eigenvalue weighted by Gasteiger charge is -2.48. The zero-order valence-corrected chi connectivity index (χ0v) is 12.9. The van der Waals surface area contributed by atoms with Gasteiger partial charge in [0.25, 0.3) is 0 Å². The van der Waals surface area contributed by atoms with Crippen LogP contribution in [-0.2, 0) is 4.74 Å². The van der Waals surface area contributed by atoms with Crippen LogP contribution in [0.2, 0.25) is 0 Å². The van der Waals surface area contributed by atoms with Crippen LogP contribution < -0.4 is 5.32 Å². The van der Waals surface area contributed by atoms with E-state index in [4.69, 9.17) is 4.74 Å². The minimum absolute atomic E-state index is 0.465. The molecule has 4 heteroatoms. The molecule has 112 valence electrons. The maximum atomic E-state index is 5.34. The Morgan fingerprint density at radius 1 is 1.32 bits per heavy atom. The Bertz CT molecular complexity index is 256. The topological polar surface area (TPSA) is 27.7 Å². The second kappa shape index (κ2) is 7.58. The Kier molecular flexibility index (Phi) is 6.07. The number of methoxy groups -OCH3 is 1. The summed E-state index contributed by atoms with van der Waals surface area (Å²) in [5, 5.41) is 3.54. The van der Waals surface area contributed by atoms with Gasteiger partial charge in [0.1, 0.15) is 0 Å². The molecule has 0 bridgehead atoms. The molecule has 2 rings (SSSR count). The first-order valence-corrected chi connectivity index (χ1v) is 7.95. The Labute approximate surface area is 118 Å². The number of likely N-dealkylation sites (N-methyl/N-ethyl adjacent to an activating group) is 1. The van der Waals surface area contributed by atoms with Crippen molar-refractivity contribution in [3.63, 3.8) is 0 Å². The van der Waals surface area contributed by atoms with Gasteiger partial charge >= 0.3 is 0 Å². The SMILES string of the molecule is CCNC(COC)CN1CC2CCCCN2CC1C. The molecule has 2 fully saturated rings. The summed E-state index contributed by atoms with van der Waals surface area (Å²) in [4.78, 5) is 5.38. The van der Waals surface area contributed by atoms with Gasteiger partial charge < -0.3 is 10.1 Å². The molecule has 3 unspecified atom stereocenters. The highest BCUT2D eigenvalue weighted by Gasteiger charge is 2.33. The third kappa shape index (κ3) is 4.15. The largest absolute Gasteiger partial charge is 0.383 e. The van der Waals surface area contributed by atoms with Crippen LogP contribution in [0.4, 0.5) is 0 Å². The summed E-state index contributed by atoms with van der Waals surface area (Å²) in [5.74, 6) is 0. The molecule has 0 aromatic heterocycles. The van der Waals surface area contributed by atoms with E-state index in [-0.39, 0.29) is 0 Å². The highest BCUT2D eigenvalue weighted by molar-refractivity contribution is 4.90. The molecule has 2 heterocycles. The lowest BCUT2D eigenvalue weighted by Crippen LogP contribution is -2.60. The Hall–Kier alpha value is -0.160. The van der Waals surface area contributed by atoms with Crippen molar-refractivity contribution in [1.29, 1.82) is 0 Å². The summed E-state index contributed by atoms with van der Waals surface area (Å²) in [6, 6.07) is 1.94. The molecule has 0 aliphatic carbocycles. The summed E-state index contributed by atoms with van der Waals surface area (Å²) in [5.41, 5.74) is 0. The van der Waals surface area contributed by atoms with Crippen LogP contribution in [0.3, 0.4) is 0 Å². The number of piperazine rings is 1. The van der Waals surface area contributed by atoms with Gasteiger partial charge in [0.05, 0.1) is 6.61 Å². The van der Waals surface area contributed by atoms with Gasteiger partial charge in [0.2, 0.25) is 0 Å². The summed E-state index contributed by atoms with van der Waals surface area (Å²) in [6.07, 6.45) is 4.20. The predicted molar refractivity (Wildman–Crippen MR) is 79.6 cm³/mol. The number of piperidine rings is 1. The van der Waals surface area contributed by atoms with Crippen molar-refractivity contribution in [2.45, 2.75) is 51.2 Å². The minimum Gasteiger partial charge on any atom is -0.383 e. The molecular weight excluding hydrogens is 238 g/mol. The second-order valence-electron chi connectivity index (χ2n) is 6.16. The second-order valence-corrected chi connectivity index (χ2v) is 6.16. The minimum atomic E-state index is 0.465. The third-order valence-electron chi connectivity index (χ3n) is 4.63. The molecule has 1 N–H and O–H groups in total. The standard InChI is InChI=1S/C15H31N3O/c1-4-16-14(12-19-3)10-18-11-15-7-5-6-8-17(15)9-13(18)2/h13-16H,4-12H2,1-3H3. The lowest BCUT2D eigenvalue weighted by molar-refractivity contribution is 0.00574. The number of fused-ring (bicyclic) bond motifs is 1. The molecular formula is C15H31N3O. The summed E-state index contributed by atoms with van der Waals surface area (Å²) in [6.45, 7) is 11.3. The fraction of sp³-hybridized carbons (Fsp3) is 1.00. The van der Waals surface area contributed by atoms with Gasteiger partial charge in [-0.25, -0.2) is 0 Å². The van der Waals surface area contributed by atoms with Gasteiger partial charge in [-0.1, -0.05) is 13.3 Å². The van der Waals surface area contributed by atoms with E-state index >= 15 is 0 Å². The molecule has 0 radical (unpaired) electrons. The molecule has 0 spiro atoms. The third-order valence-corrected chi connectivity index (χ3v) is 4.63. The zero-order valence-electron chi connectivity index (χ0n) is 12.9. The molecule has 3 atom stereocenters. The maximum absolute atomic E-state index is 5.34. The first-order chi connectivity index (χ1) is 9.24. The van der Waals surface area contributed by atoms with Crippen LogP contribution in [0.25, 0.3) is 0 Å². The molecule has 0 saturated carbocycles.